The maximum Gasteiger partial charge on any atom is 0.238 e. The SMILES string of the molecule is CC(C)(C)c1nnc(NCCc2ccc(S(N)(=O)=O)cc2)s1. The predicted molar refractivity (Wildman–Crippen MR) is 88.6 cm³/mol. The highest BCUT2D eigenvalue weighted by Crippen LogP contribution is 2.27. The molecule has 6 nitrogen and oxygen atoms in total. The number of benzene rings is 1. The summed E-state index contributed by atoms with van der Waals surface area (Å²) in [5.74, 6) is 0. The van der Waals surface area contributed by atoms with Crippen LogP contribution < -0.4 is 10.5 Å². The van der Waals surface area contributed by atoms with Gasteiger partial charge in [0.15, 0.2) is 0 Å². The fraction of sp³-hybridized carbons (Fsp3) is 0.429. The summed E-state index contributed by atoms with van der Waals surface area (Å²) >= 11 is 1.55. The topological polar surface area (TPSA) is 98.0 Å². The van der Waals surface area contributed by atoms with Crippen molar-refractivity contribution in [1.82, 2.24) is 10.2 Å². The molecule has 0 amide bonds. The Morgan fingerprint density at radius 3 is 2.32 bits per heavy atom. The molecule has 0 fully saturated rings. The van der Waals surface area contributed by atoms with Crippen molar-refractivity contribution in [2.45, 2.75) is 37.5 Å². The molecule has 0 atom stereocenters. The molecule has 0 saturated heterocycles. The lowest BCUT2D eigenvalue weighted by atomic mass is 9.98. The van der Waals surface area contributed by atoms with Gasteiger partial charge in [0.1, 0.15) is 5.01 Å². The van der Waals surface area contributed by atoms with Gasteiger partial charge in [0, 0.05) is 12.0 Å². The van der Waals surface area contributed by atoms with Crippen molar-refractivity contribution < 1.29 is 8.42 Å². The van der Waals surface area contributed by atoms with Crippen LogP contribution in [-0.4, -0.2) is 25.2 Å². The molecule has 2 aromatic rings. The van der Waals surface area contributed by atoms with Crippen LogP contribution in [0.5, 0.6) is 0 Å². The van der Waals surface area contributed by atoms with Gasteiger partial charge < -0.3 is 5.32 Å². The van der Waals surface area contributed by atoms with Crippen LogP contribution in [0.1, 0.15) is 31.3 Å². The second-order valence-electron chi connectivity index (χ2n) is 6.03. The summed E-state index contributed by atoms with van der Waals surface area (Å²) in [6, 6.07) is 6.57. The molecule has 0 unspecified atom stereocenters. The lowest BCUT2D eigenvalue weighted by Crippen LogP contribution is -2.12. The van der Waals surface area contributed by atoms with Crippen molar-refractivity contribution in [3.05, 3.63) is 34.8 Å². The summed E-state index contributed by atoms with van der Waals surface area (Å²) in [7, 11) is -3.63. The summed E-state index contributed by atoms with van der Waals surface area (Å²) in [5, 5.41) is 18.4. The van der Waals surface area contributed by atoms with Gasteiger partial charge in [-0.15, -0.1) is 10.2 Å². The molecule has 0 aliphatic carbocycles. The van der Waals surface area contributed by atoms with Crippen molar-refractivity contribution in [2.24, 2.45) is 5.14 Å². The van der Waals surface area contributed by atoms with Gasteiger partial charge in [-0.3, -0.25) is 0 Å². The molecule has 2 rings (SSSR count). The van der Waals surface area contributed by atoms with Gasteiger partial charge in [0.25, 0.3) is 0 Å². The van der Waals surface area contributed by atoms with Crippen molar-refractivity contribution in [2.75, 3.05) is 11.9 Å². The molecule has 1 aromatic heterocycles. The van der Waals surface area contributed by atoms with E-state index in [2.05, 4.69) is 36.3 Å². The highest BCUT2D eigenvalue weighted by molar-refractivity contribution is 7.89. The van der Waals surface area contributed by atoms with Crippen LogP contribution in [0.2, 0.25) is 0 Å². The minimum absolute atomic E-state index is 0.00113. The normalized spacial score (nSPS) is 12.4. The molecule has 0 aliphatic heterocycles. The number of nitrogens with one attached hydrogen (secondary N) is 1. The van der Waals surface area contributed by atoms with Crippen LogP contribution in [0.25, 0.3) is 0 Å². The Bertz CT molecular complexity index is 731. The fourth-order valence-electron chi connectivity index (χ4n) is 1.76. The van der Waals surface area contributed by atoms with Crippen LogP contribution >= 0.6 is 11.3 Å². The van der Waals surface area contributed by atoms with E-state index in [1.807, 2.05) is 0 Å². The largest absolute Gasteiger partial charge is 0.360 e. The molecule has 1 heterocycles. The molecule has 22 heavy (non-hydrogen) atoms. The smallest absolute Gasteiger partial charge is 0.238 e. The number of aromatic nitrogens is 2. The summed E-state index contributed by atoms with van der Waals surface area (Å²) in [6.45, 7) is 7.01. The molecule has 1 aromatic carbocycles. The second kappa shape index (κ2) is 6.31. The van der Waals surface area contributed by atoms with E-state index in [4.69, 9.17) is 5.14 Å². The quantitative estimate of drug-likeness (QED) is 0.869. The lowest BCUT2D eigenvalue weighted by Gasteiger charge is -2.12. The maximum atomic E-state index is 11.2. The Kier molecular flexibility index (Phi) is 4.84. The number of nitrogens with two attached hydrogens (primary N) is 1. The van der Waals surface area contributed by atoms with E-state index in [0.29, 0.717) is 6.54 Å². The molecule has 120 valence electrons. The zero-order valence-corrected chi connectivity index (χ0v) is 14.5. The first-order valence-electron chi connectivity index (χ1n) is 6.86. The summed E-state index contributed by atoms with van der Waals surface area (Å²) in [4.78, 5) is 0.128. The van der Waals surface area contributed by atoms with E-state index >= 15 is 0 Å². The lowest BCUT2D eigenvalue weighted by molar-refractivity contribution is 0.578. The van der Waals surface area contributed by atoms with Crippen LogP contribution in [0.15, 0.2) is 29.2 Å². The minimum Gasteiger partial charge on any atom is -0.360 e. The third-order valence-corrected chi connectivity index (χ3v) is 5.24. The monoisotopic (exact) mass is 340 g/mol. The van der Waals surface area contributed by atoms with Gasteiger partial charge in [0.05, 0.1) is 4.90 Å². The fourth-order valence-corrected chi connectivity index (χ4v) is 3.10. The Hall–Kier alpha value is -1.51. The molecule has 0 spiro atoms. The number of hydrogen-bond acceptors (Lipinski definition) is 6. The number of hydrogen-bond donors (Lipinski definition) is 2. The van der Waals surface area contributed by atoms with Gasteiger partial charge in [-0.05, 0) is 24.1 Å². The minimum atomic E-state index is -3.63. The number of rotatable bonds is 5. The average Bonchev–Trinajstić information content (AvgIpc) is 2.87. The average molecular weight is 340 g/mol. The predicted octanol–water partition coefficient (Wildman–Crippen LogP) is 2.14. The zero-order chi connectivity index (χ0) is 16.4. The van der Waals surface area contributed by atoms with Crippen LogP contribution in [0.3, 0.4) is 0 Å². The van der Waals surface area contributed by atoms with E-state index in [1.54, 1.807) is 23.5 Å². The van der Waals surface area contributed by atoms with Crippen LogP contribution in [0.4, 0.5) is 5.13 Å². The van der Waals surface area contributed by atoms with Crippen molar-refractivity contribution >= 4 is 26.5 Å². The molecule has 0 radical (unpaired) electrons. The first-order valence-corrected chi connectivity index (χ1v) is 9.22. The number of anilines is 1. The van der Waals surface area contributed by atoms with E-state index in [9.17, 15) is 8.42 Å². The zero-order valence-electron chi connectivity index (χ0n) is 12.8. The first-order chi connectivity index (χ1) is 10.2. The maximum absolute atomic E-state index is 11.2. The second-order valence-corrected chi connectivity index (χ2v) is 8.57. The highest BCUT2D eigenvalue weighted by atomic mass is 32.2. The van der Waals surface area contributed by atoms with Gasteiger partial charge >= 0.3 is 0 Å². The molecule has 8 heteroatoms. The van der Waals surface area contributed by atoms with E-state index < -0.39 is 10.0 Å². The van der Waals surface area contributed by atoms with E-state index in [1.165, 1.54) is 12.1 Å². The van der Waals surface area contributed by atoms with Gasteiger partial charge in [-0.25, -0.2) is 13.6 Å². The Morgan fingerprint density at radius 2 is 1.82 bits per heavy atom. The number of nitrogens with zero attached hydrogens (tertiary/aromatic N) is 2. The third-order valence-electron chi connectivity index (χ3n) is 3.01. The Balaban J connectivity index is 1.90. The van der Waals surface area contributed by atoms with Crippen LogP contribution in [0, 0.1) is 0 Å². The summed E-state index contributed by atoms with van der Waals surface area (Å²) < 4.78 is 22.4. The molecular formula is C14H20N4O2S2. The number of primary sulfonamides is 1. The van der Waals surface area contributed by atoms with Crippen molar-refractivity contribution in [1.29, 1.82) is 0 Å². The Morgan fingerprint density at radius 1 is 1.18 bits per heavy atom. The van der Waals surface area contributed by atoms with Crippen LogP contribution in [-0.2, 0) is 21.9 Å². The van der Waals surface area contributed by atoms with Crippen molar-refractivity contribution in [3.63, 3.8) is 0 Å². The summed E-state index contributed by atoms with van der Waals surface area (Å²) in [5.41, 5.74) is 1.03. The highest BCUT2D eigenvalue weighted by Gasteiger charge is 2.19. The third kappa shape index (κ3) is 4.49. The molecular weight excluding hydrogens is 320 g/mol. The van der Waals surface area contributed by atoms with Gasteiger partial charge in [-0.2, -0.15) is 0 Å². The molecule has 0 saturated carbocycles. The summed E-state index contributed by atoms with van der Waals surface area (Å²) in [6.07, 6.45) is 0.759. The molecule has 0 bridgehead atoms. The van der Waals surface area contributed by atoms with Gasteiger partial charge in [0.2, 0.25) is 15.2 Å². The van der Waals surface area contributed by atoms with E-state index in [0.717, 1.165) is 22.1 Å². The molecule has 3 N–H and O–H groups in total. The Labute approximate surface area is 134 Å². The van der Waals surface area contributed by atoms with E-state index in [-0.39, 0.29) is 10.3 Å². The van der Waals surface area contributed by atoms with Gasteiger partial charge in [-0.1, -0.05) is 44.2 Å². The van der Waals surface area contributed by atoms with Crippen molar-refractivity contribution in [3.8, 4) is 0 Å². The standard InChI is InChI=1S/C14H20N4O2S2/c1-14(2,3)12-17-18-13(21-12)16-9-8-10-4-6-11(7-5-10)22(15,19)20/h4-7H,8-9H2,1-3H3,(H,16,18)(H2,15,19,20). The molecule has 0 aliphatic rings. The first kappa shape index (κ1) is 16.9. The number of sulfonamides is 1.